The van der Waals surface area contributed by atoms with Crippen molar-refractivity contribution < 1.29 is 22.6 Å². The maximum Gasteiger partial charge on any atom is 0.416 e. The first-order valence-corrected chi connectivity index (χ1v) is 15.7. The van der Waals surface area contributed by atoms with Crippen LogP contribution in [0.25, 0.3) is 0 Å². The molecule has 41 heavy (non-hydrogen) atoms. The summed E-state index contributed by atoms with van der Waals surface area (Å²) in [6.07, 6.45) is 2.49. The lowest BCUT2D eigenvalue weighted by atomic mass is 9.68. The molecule has 1 aromatic carbocycles. The summed E-state index contributed by atoms with van der Waals surface area (Å²) in [6, 6.07) is 4.24. The predicted molar refractivity (Wildman–Crippen MR) is 165 cm³/mol. The lowest BCUT2D eigenvalue weighted by Gasteiger charge is -2.44. The number of fused-ring (bicyclic) bond motifs is 1. The molecule has 1 N–H and O–H groups in total. The standard InChI is InChI=1S/C32H51BF3N2O2S/c1-28(2,3)37-27(39)31(8,17-9-10-18-33-40-29(4,5)30(6,7)41)23-15-19-38(20-16-23)26-14-12-22-11-13-24(21-25(22)26)32(34,35)36/h11,13,21,23,26,41H,9-10,12,14-20H2,1-8H3,(H,37,39). The second kappa shape index (κ2) is 12.8. The maximum atomic E-state index is 13.7. The number of carbonyl (C=O) groups excluding carboxylic acids is 1. The minimum Gasteiger partial charge on any atom is -0.434 e. The molecule has 1 fully saturated rings. The smallest absolute Gasteiger partial charge is 0.416 e. The Kier molecular flexibility index (Phi) is 10.7. The summed E-state index contributed by atoms with van der Waals surface area (Å²) in [5.41, 5.74) is 0.0691. The summed E-state index contributed by atoms with van der Waals surface area (Å²) >= 11 is 4.66. The van der Waals surface area contributed by atoms with Crippen LogP contribution in [0.1, 0.15) is 117 Å². The van der Waals surface area contributed by atoms with Gasteiger partial charge in [0.15, 0.2) is 0 Å². The quantitative estimate of drug-likeness (QED) is 0.155. The number of nitrogens with zero attached hydrogens (tertiary/aromatic N) is 1. The van der Waals surface area contributed by atoms with Crippen LogP contribution in [0.2, 0.25) is 6.32 Å². The molecule has 2 atom stereocenters. The van der Waals surface area contributed by atoms with Crippen molar-refractivity contribution in [3.63, 3.8) is 0 Å². The van der Waals surface area contributed by atoms with Crippen LogP contribution in [0.15, 0.2) is 18.2 Å². The highest BCUT2D eigenvalue weighted by Crippen LogP contribution is 2.45. The number of likely N-dealkylation sites (tertiary alicyclic amines) is 1. The number of piperidine rings is 1. The van der Waals surface area contributed by atoms with Crippen LogP contribution >= 0.6 is 12.6 Å². The van der Waals surface area contributed by atoms with E-state index in [1.807, 2.05) is 55.9 Å². The molecule has 1 amide bonds. The van der Waals surface area contributed by atoms with Gasteiger partial charge in [0.2, 0.25) is 5.91 Å². The average molecular weight is 596 g/mol. The van der Waals surface area contributed by atoms with E-state index in [1.54, 1.807) is 6.07 Å². The minimum absolute atomic E-state index is 0.0185. The van der Waals surface area contributed by atoms with E-state index in [2.05, 4.69) is 29.8 Å². The van der Waals surface area contributed by atoms with Gasteiger partial charge in [-0.3, -0.25) is 9.69 Å². The van der Waals surface area contributed by atoms with Crippen molar-refractivity contribution in [2.45, 2.75) is 135 Å². The van der Waals surface area contributed by atoms with Gasteiger partial charge in [-0.05, 0) is 123 Å². The van der Waals surface area contributed by atoms with Crippen LogP contribution in [0.5, 0.6) is 0 Å². The largest absolute Gasteiger partial charge is 0.434 e. The van der Waals surface area contributed by atoms with Gasteiger partial charge in [0.05, 0.1) is 11.2 Å². The zero-order chi connectivity index (χ0) is 30.9. The van der Waals surface area contributed by atoms with Crippen molar-refractivity contribution in [1.82, 2.24) is 10.2 Å². The number of nitrogens with one attached hydrogen (secondary N) is 1. The molecule has 0 aromatic heterocycles. The van der Waals surface area contributed by atoms with Crippen LogP contribution in [-0.4, -0.2) is 47.3 Å². The number of amides is 1. The Morgan fingerprint density at radius 2 is 1.66 bits per heavy atom. The van der Waals surface area contributed by atoms with Crippen LogP contribution in [-0.2, 0) is 22.0 Å². The van der Waals surface area contributed by atoms with E-state index in [4.69, 9.17) is 4.65 Å². The highest BCUT2D eigenvalue weighted by atomic mass is 32.1. The van der Waals surface area contributed by atoms with Gasteiger partial charge in [0.1, 0.15) is 0 Å². The second-order valence-corrected chi connectivity index (χ2v) is 15.6. The first kappa shape index (κ1) is 34.3. The summed E-state index contributed by atoms with van der Waals surface area (Å²) < 4.78 is 46.0. The number of aryl methyl sites for hydroxylation is 1. The Morgan fingerprint density at radius 3 is 2.22 bits per heavy atom. The summed E-state index contributed by atoms with van der Waals surface area (Å²) in [5.74, 6) is 0.315. The number of alkyl halides is 3. The van der Waals surface area contributed by atoms with Crippen molar-refractivity contribution in [2.24, 2.45) is 11.3 Å². The highest BCUT2D eigenvalue weighted by molar-refractivity contribution is 7.81. The van der Waals surface area contributed by atoms with E-state index in [-0.39, 0.29) is 33.8 Å². The molecule has 1 aliphatic heterocycles. The van der Waals surface area contributed by atoms with Gasteiger partial charge in [0, 0.05) is 21.7 Å². The summed E-state index contributed by atoms with van der Waals surface area (Å²) in [6.45, 7) is 17.9. The van der Waals surface area contributed by atoms with E-state index in [9.17, 15) is 18.0 Å². The fourth-order valence-electron chi connectivity index (χ4n) is 6.10. The van der Waals surface area contributed by atoms with Gasteiger partial charge in [-0.15, -0.1) is 0 Å². The zero-order valence-corrected chi connectivity index (χ0v) is 27.3. The Bertz CT molecular complexity index is 1040. The van der Waals surface area contributed by atoms with Crippen molar-refractivity contribution in [2.75, 3.05) is 13.1 Å². The summed E-state index contributed by atoms with van der Waals surface area (Å²) in [4.78, 5) is 16.1. The predicted octanol–water partition coefficient (Wildman–Crippen LogP) is 8.04. The number of halogens is 3. The monoisotopic (exact) mass is 595 g/mol. The minimum atomic E-state index is -4.33. The lowest BCUT2D eigenvalue weighted by molar-refractivity contribution is -0.138. The normalized spacial score (nSPS) is 20.9. The number of carbonyl (C=O) groups is 1. The number of hydrogen-bond acceptors (Lipinski definition) is 4. The summed E-state index contributed by atoms with van der Waals surface area (Å²) in [5, 5.41) is 3.25. The number of thiol groups is 1. The Morgan fingerprint density at radius 1 is 1.02 bits per heavy atom. The molecule has 2 aliphatic rings. The molecular formula is C32H51BF3N2O2S. The van der Waals surface area contributed by atoms with Crippen molar-refractivity contribution >= 4 is 26.0 Å². The van der Waals surface area contributed by atoms with E-state index in [1.165, 1.54) is 12.1 Å². The van der Waals surface area contributed by atoms with Crippen molar-refractivity contribution in [3.05, 3.63) is 34.9 Å². The Labute approximate surface area is 252 Å². The third-order valence-electron chi connectivity index (χ3n) is 9.52. The molecular weight excluding hydrogens is 544 g/mol. The van der Waals surface area contributed by atoms with E-state index in [0.29, 0.717) is 0 Å². The molecule has 3 rings (SSSR count). The number of benzene rings is 1. The first-order chi connectivity index (χ1) is 18.7. The van der Waals surface area contributed by atoms with Gasteiger partial charge in [-0.25, -0.2) is 0 Å². The SMILES string of the molecule is CC(C)(C)NC(=O)C(C)(CCCC[B]OC(C)(C)C(C)(C)S)C1CCN(C2CCc3ccc(C(F)(F)F)cc32)CC1. The average Bonchev–Trinajstić information content (AvgIpc) is 3.27. The van der Waals surface area contributed by atoms with Crippen LogP contribution in [0.4, 0.5) is 13.2 Å². The molecule has 1 heterocycles. The second-order valence-electron chi connectivity index (χ2n) is 14.5. The number of hydrogen-bond donors (Lipinski definition) is 2. The van der Waals surface area contributed by atoms with Gasteiger partial charge in [-0.2, -0.15) is 25.8 Å². The first-order valence-electron chi connectivity index (χ1n) is 15.2. The third-order valence-corrected chi connectivity index (χ3v) is 10.1. The van der Waals surface area contributed by atoms with E-state index in [0.717, 1.165) is 75.5 Å². The Hall–Kier alpha value is -1.19. The fraction of sp³-hybridized carbons (Fsp3) is 0.781. The molecule has 0 bridgehead atoms. The van der Waals surface area contributed by atoms with Gasteiger partial charge in [0.25, 0.3) is 7.48 Å². The number of rotatable bonds is 11. The van der Waals surface area contributed by atoms with Crippen LogP contribution < -0.4 is 5.32 Å². The molecule has 1 radical (unpaired) electrons. The van der Waals surface area contributed by atoms with Crippen molar-refractivity contribution in [3.8, 4) is 0 Å². The van der Waals surface area contributed by atoms with E-state index >= 15 is 0 Å². The topological polar surface area (TPSA) is 41.6 Å². The van der Waals surface area contributed by atoms with Gasteiger partial charge in [-0.1, -0.05) is 32.2 Å². The van der Waals surface area contributed by atoms with Gasteiger partial charge < -0.3 is 9.97 Å². The molecule has 1 aliphatic carbocycles. The highest BCUT2D eigenvalue weighted by Gasteiger charge is 2.44. The van der Waals surface area contributed by atoms with Crippen LogP contribution in [0.3, 0.4) is 0 Å². The van der Waals surface area contributed by atoms with Gasteiger partial charge >= 0.3 is 6.18 Å². The molecule has 1 saturated heterocycles. The molecule has 2 unspecified atom stereocenters. The molecule has 1 aromatic rings. The lowest BCUT2D eigenvalue weighted by Crippen LogP contribution is -2.52. The maximum absolute atomic E-state index is 13.7. The van der Waals surface area contributed by atoms with Crippen molar-refractivity contribution in [1.29, 1.82) is 0 Å². The molecule has 0 saturated carbocycles. The number of unbranched alkanes of at least 4 members (excludes halogenated alkanes) is 1. The zero-order valence-electron chi connectivity index (χ0n) is 26.4. The molecule has 9 heteroatoms. The van der Waals surface area contributed by atoms with Crippen LogP contribution in [0, 0.1) is 11.3 Å². The fourth-order valence-corrected chi connectivity index (χ4v) is 6.15. The summed E-state index contributed by atoms with van der Waals surface area (Å²) in [7, 11) is 1.88. The molecule has 4 nitrogen and oxygen atoms in total. The van der Waals surface area contributed by atoms with E-state index < -0.39 is 17.2 Å². The Balaban J connectivity index is 1.63. The molecule has 231 valence electrons. The third kappa shape index (κ3) is 8.69. The molecule has 0 spiro atoms.